The molecule has 140 valence electrons. The number of nitro benzene ring substituents is 1. The van der Waals surface area contributed by atoms with Crippen molar-refractivity contribution in [1.29, 1.82) is 0 Å². The molecule has 7 nitrogen and oxygen atoms in total. The van der Waals surface area contributed by atoms with Crippen LogP contribution in [-0.2, 0) is 0 Å². The molecule has 1 aliphatic rings. The molecule has 27 heavy (non-hydrogen) atoms. The Kier molecular flexibility index (Phi) is 4.44. The Hall–Kier alpha value is -3.27. The summed E-state index contributed by atoms with van der Waals surface area (Å²) in [5.41, 5.74) is -4.78. The van der Waals surface area contributed by atoms with Gasteiger partial charge in [-0.05, 0) is 11.6 Å². The maximum absolute atomic E-state index is 13.6. The van der Waals surface area contributed by atoms with Gasteiger partial charge in [0, 0.05) is 6.07 Å². The first-order valence-electron chi connectivity index (χ1n) is 7.65. The second-order valence-corrected chi connectivity index (χ2v) is 5.80. The van der Waals surface area contributed by atoms with Gasteiger partial charge in [-0.1, -0.05) is 42.5 Å². The maximum Gasteiger partial charge on any atom is 0.438 e. The third kappa shape index (κ3) is 3.14. The molecule has 0 aliphatic carbocycles. The monoisotopic (exact) mass is 379 g/mol. The number of hydrazone groups is 1. The van der Waals surface area contributed by atoms with Crippen molar-refractivity contribution >= 4 is 17.3 Å². The Bertz CT molecular complexity index is 931. The molecule has 0 bridgehead atoms. The van der Waals surface area contributed by atoms with Crippen molar-refractivity contribution in [3.8, 4) is 0 Å². The molecule has 1 amide bonds. The first kappa shape index (κ1) is 18.5. The number of benzene rings is 2. The second kappa shape index (κ2) is 6.47. The molecule has 1 atom stereocenters. The van der Waals surface area contributed by atoms with Crippen molar-refractivity contribution in [2.24, 2.45) is 5.10 Å². The minimum Gasteiger partial charge on any atom is -0.362 e. The molecular weight excluding hydrogens is 367 g/mol. The minimum absolute atomic E-state index is 0.127. The molecule has 1 aliphatic heterocycles. The molecule has 0 radical (unpaired) electrons. The van der Waals surface area contributed by atoms with Crippen LogP contribution in [0.2, 0.25) is 0 Å². The van der Waals surface area contributed by atoms with Crippen LogP contribution in [0.1, 0.15) is 22.3 Å². The number of rotatable bonds is 3. The van der Waals surface area contributed by atoms with Crippen LogP contribution < -0.4 is 0 Å². The minimum atomic E-state index is -5.23. The molecule has 2 aromatic carbocycles. The first-order chi connectivity index (χ1) is 12.6. The van der Waals surface area contributed by atoms with Crippen LogP contribution in [-0.4, -0.2) is 38.6 Å². The summed E-state index contributed by atoms with van der Waals surface area (Å²) in [6, 6.07) is 12.3. The summed E-state index contributed by atoms with van der Waals surface area (Å²) >= 11 is 0. The van der Waals surface area contributed by atoms with Gasteiger partial charge in [-0.25, -0.2) is 0 Å². The van der Waals surface area contributed by atoms with E-state index in [-0.39, 0.29) is 16.3 Å². The fraction of sp³-hybridized carbons (Fsp3) is 0.176. The molecule has 0 aromatic heterocycles. The van der Waals surface area contributed by atoms with Gasteiger partial charge in [-0.15, -0.1) is 0 Å². The largest absolute Gasteiger partial charge is 0.438 e. The zero-order valence-electron chi connectivity index (χ0n) is 13.6. The number of nitrogens with zero attached hydrogens (tertiary/aromatic N) is 3. The van der Waals surface area contributed by atoms with E-state index < -0.39 is 40.4 Å². The van der Waals surface area contributed by atoms with E-state index in [1.807, 2.05) is 0 Å². The highest BCUT2D eigenvalue weighted by atomic mass is 19.4. The van der Waals surface area contributed by atoms with Gasteiger partial charge in [0.15, 0.2) is 0 Å². The van der Waals surface area contributed by atoms with Crippen molar-refractivity contribution in [3.63, 3.8) is 0 Å². The fourth-order valence-electron chi connectivity index (χ4n) is 2.70. The van der Waals surface area contributed by atoms with Gasteiger partial charge >= 0.3 is 6.18 Å². The van der Waals surface area contributed by atoms with E-state index in [1.165, 1.54) is 24.3 Å². The van der Waals surface area contributed by atoms with Crippen molar-refractivity contribution in [3.05, 3.63) is 75.8 Å². The summed E-state index contributed by atoms with van der Waals surface area (Å²) < 4.78 is 40.7. The van der Waals surface area contributed by atoms with Gasteiger partial charge in [0.25, 0.3) is 17.3 Å². The predicted octanol–water partition coefficient (Wildman–Crippen LogP) is 3.10. The molecule has 3 rings (SSSR count). The Morgan fingerprint density at radius 1 is 1.15 bits per heavy atom. The number of carbonyl (C=O) groups is 1. The average Bonchev–Trinajstić information content (AvgIpc) is 3.01. The van der Waals surface area contributed by atoms with Crippen molar-refractivity contribution < 1.29 is 28.0 Å². The highest BCUT2D eigenvalue weighted by molar-refractivity contribution is 6.06. The first-order valence-corrected chi connectivity index (χ1v) is 7.65. The number of hydrogen-bond donors (Lipinski definition) is 1. The van der Waals surface area contributed by atoms with Crippen LogP contribution in [0.3, 0.4) is 0 Å². The normalized spacial score (nSPS) is 19.7. The highest BCUT2D eigenvalue weighted by Gasteiger charge is 2.63. The molecule has 1 heterocycles. The summed E-state index contributed by atoms with van der Waals surface area (Å²) in [7, 11) is 0. The lowest BCUT2D eigenvalue weighted by Gasteiger charge is -2.32. The molecule has 0 saturated heterocycles. The van der Waals surface area contributed by atoms with E-state index in [9.17, 15) is 33.2 Å². The Morgan fingerprint density at radius 2 is 1.74 bits per heavy atom. The zero-order valence-corrected chi connectivity index (χ0v) is 13.6. The average molecular weight is 379 g/mol. The van der Waals surface area contributed by atoms with E-state index in [0.717, 1.165) is 12.1 Å². The molecule has 0 spiro atoms. The summed E-state index contributed by atoms with van der Waals surface area (Å²) in [6.07, 6.45) is -6.22. The fourth-order valence-corrected chi connectivity index (χ4v) is 2.70. The van der Waals surface area contributed by atoms with Crippen LogP contribution >= 0.6 is 0 Å². The van der Waals surface area contributed by atoms with Crippen LogP contribution in [0.4, 0.5) is 18.9 Å². The Morgan fingerprint density at radius 3 is 2.33 bits per heavy atom. The van der Waals surface area contributed by atoms with E-state index >= 15 is 0 Å². The third-order valence-corrected chi connectivity index (χ3v) is 4.07. The van der Waals surface area contributed by atoms with E-state index in [0.29, 0.717) is 0 Å². The lowest BCUT2D eigenvalue weighted by atomic mass is 10.0. The van der Waals surface area contributed by atoms with Crippen molar-refractivity contribution in [2.45, 2.75) is 18.3 Å². The van der Waals surface area contributed by atoms with Crippen LogP contribution in [0, 0.1) is 10.1 Å². The SMILES string of the molecule is O=C(c1ccccc1[N+](=O)[O-])N1N=C(c2ccccc2)C[C@]1(O)C(F)(F)F. The summed E-state index contributed by atoms with van der Waals surface area (Å²) in [6.45, 7) is 0. The van der Waals surface area contributed by atoms with E-state index in [2.05, 4.69) is 5.10 Å². The Labute approximate surface area is 150 Å². The lowest BCUT2D eigenvalue weighted by Crippen LogP contribution is -2.56. The molecule has 0 fully saturated rings. The molecule has 0 unspecified atom stereocenters. The number of para-hydroxylation sites is 1. The van der Waals surface area contributed by atoms with Crippen LogP contribution in [0.25, 0.3) is 0 Å². The standard InChI is InChI=1S/C17H12F3N3O4/c18-17(19,20)16(25)10-13(11-6-2-1-3-7-11)21-22(16)15(24)12-8-4-5-9-14(12)23(26)27/h1-9,25H,10H2/t16-/m0/s1. The Balaban J connectivity index is 2.11. The number of hydrogen-bond acceptors (Lipinski definition) is 5. The summed E-state index contributed by atoms with van der Waals surface area (Å²) in [4.78, 5) is 22.9. The van der Waals surface area contributed by atoms with Crippen molar-refractivity contribution in [1.82, 2.24) is 5.01 Å². The highest BCUT2D eigenvalue weighted by Crippen LogP contribution is 2.42. The van der Waals surface area contributed by atoms with E-state index in [1.54, 1.807) is 18.2 Å². The maximum atomic E-state index is 13.6. The van der Waals surface area contributed by atoms with Gasteiger partial charge in [0.05, 0.1) is 17.1 Å². The summed E-state index contributed by atoms with van der Waals surface area (Å²) in [5, 5.41) is 24.9. The molecule has 2 aromatic rings. The van der Waals surface area contributed by atoms with Gasteiger partial charge in [0.2, 0.25) is 0 Å². The quantitative estimate of drug-likeness (QED) is 0.655. The van der Waals surface area contributed by atoms with Gasteiger partial charge in [-0.3, -0.25) is 14.9 Å². The summed E-state index contributed by atoms with van der Waals surface area (Å²) in [5.74, 6) is -1.42. The van der Waals surface area contributed by atoms with Crippen LogP contribution in [0.5, 0.6) is 0 Å². The van der Waals surface area contributed by atoms with Gasteiger partial charge in [-0.2, -0.15) is 23.3 Å². The molecular formula is C17H12F3N3O4. The second-order valence-electron chi connectivity index (χ2n) is 5.80. The number of alkyl halides is 3. The molecule has 1 N–H and O–H groups in total. The van der Waals surface area contributed by atoms with Crippen molar-refractivity contribution in [2.75, 3.05) is 0 Å². The number of aliphatic hydroxyl groups is 1. The zero-order chi connectivity index (χ0) is 19.8. The number of carbonyl (C=O) groups excluding carboxylic acids is 1. The number of nitro groups is 1. The third-order valence-electron chi connectivity index (χ3n) is 4.07. The molecule has 0 saturated carbocycles. The smallest absolute Gasteiger partial charge is 0.362 e. The van der Waals surface area contributed by atoms with Gasteiger partial charge in [0.1, 0.15) is 5.56 Å². The topological polar surface area (TPSA) is 96.0 Å². The molecule has 10 heteroatoms. The van der Waals surface area contributed by atoms with Crippen LogP contribution in [0.15, 0.2) is 59.7 Å². The lowest BCUT2D eigenvalue weighted by molar-refractivity contribution is -0.385. The number of halogens is 3. The predicted molar refractivity (Wildman–Crippen MR) is 87.9 cm³/mol. The number of amides is 1. The van der Waals surface area contributed by atoms with E-state index in [4.69, 9.17) is 0 Å². The van der Waals surface area contributed by atoms with Gasteiger partial charge < -0.3 is 5.11 Å².